The lowest BCUT2D eigenvalue weighted by Crippen LogP contribution is -2.55. The Balaban J connectivity index is 0.953. The van der Waals surface area contributed by atoms with Gasteiger partial charge in [0, 0.05) is 85.1 Å². The van der Waals surface area contributed by atoms with E-state index in [1.807, 2.05) is 17.0 Å². The van der Waals surface area contributed by atoms with E-state index in [0.29, 0.717) is 92.5 Å². The summed E-state index contributed by atoms with van der Waals surface area (Å²) < 4.78 is 13.5. The Kier molecular flexibility index (Phi) is 13.7. The van der Waals surface area contributed by atoms with Gasteiger partial charge in [-0.05, 0) is 169 Å². The Labute approximate surface area is 429 Å². The second-order valence-electron chi connectivity index (χ2n) is 24.4. The van der Waals surface area contributed by atoms with E-state index in [0.717, 1.165) is 73.8 Å². The Hall–Kier alpha value is -3.62. The zero-order valence-corrected chi connectivity index (χ0v) is 44.0. The van der Waals surface area contributed by atoms with Gasteiger partial charge < -0.3 is 41.4 Å². The van der Waals surface area contributed by atoms with Gasteiger partial charge in [0.1, 0.15) is 21.9 Å². The molecule has 5 saturated carbocycles. The van der Waals surface area contributed by atoms with Gasteiger partial charge in [-0.3, -0.25) is 14.6 Å². The number of nitrogens with two attached hydrogens (primary N) is 2. The second kappa shape index (κ2) is 19.6. The highest BCUT2D eigenvalue weighted by molar-refractivity contribution is 8.77. The monoisotopic (exact) mass is 1010 g/mol. The van der Waals surface area contributed by atoms with Gasteiger partial charge in [0.05, 0.1) is 6.10 Å². The van der Waals surface area contributed by atoms with Crippen molar-refractivity contribution in [3.63, 3.8) is 0 Å². The van der Waals surface area contributed by atoms with Gasteiger partial charge in [-0.2, -0.15) is 0 Å². The lowest BCUT2D eigenvalue weighted by Gasteiger charge is -2.44. The van der Waals surface area contributed by atoms with Crippen molar-refractivity contribution in [3.8, 4) is 11.5 Å². The number of phenolic OH excluding ortho intramolecular Hbond substituents is 1. The third-order valence-corrected chi connectivity index (χ3v) is 23.4. The minimum atomic E-state index is -0.805. The molecule has 5 aliphatic heterocycles. The number of hydrogen-bond acceptors (Lipinski definition) is 13. The summed E-state index contributed by atoms with van der Waals surface area (Å²) in [5, 5.41) is 28.5. The van der Waals surface area contributed by atoms with Crippen LogP contribution in [0.1, 0.15) is 189 Å². The van der Waals surface area contributed by atoms with Gasteiger partial charge in [-0.25, -0.2) is 4.98 Å². The molecule has 4 spiro atoms. The summed E-state index contributed by atoms with van der Waals surface area (Å²) in [6, 6.07) is 6.03. The summed E-state index contributed by atoms with van der Waals surface area (Å²) in [7, 11) is 4.13. The fourth-order valence-corrected chi connectivity index (χ4v) is 20.5. The predicted octanol–water partition coefficient (Wildman–Crippen LogP) is 10.6. The number of allylic oxidation sites excluding steroid dienone is 1. The van der Waals surface area contributed by atoms with E-state index < -0.39 is 22.7 Å². The molecule has 1 saturated heterocycles. The number of rotatable bonds is 3. The van der Waals surface area contributed by atoms with Crippen LogP contribution in [0.25, 0.3) is 0 Å². The molecule has 2 aromatic rings. The molecule has 11 aliphatic rings. The van der Waals surface area contributed by atoms with Crippen molar-refractivity contribution in [3.05, 3.63) is 58.8 Å². The number of benzene rings is 1. The van der Waals surface area contributed by atoms with Crippen molar-refractivity contribution in [2.75, 3.05) is 24.6 Å². The van der Waals surface area contributed by atoms with Crippen molar-refractivity contribution in [2.24, 2.45) is 38.8 Å². The summed E-state index contributed by atoms with van der Waals surface area (Å²) in [5.74, 6) is 3.07. The molecule has 13 rings (SSSR count). The van der Waals surface area contributed by atoms with Crippen molar-refractivity contribution in [1.29, 1.82) is 0 Å². The molecular formula is C57H80N6O6S2. The van der Waals surface area contributed by atoms with Crippen LogP contribution in [0, 0.1) is 28.1 Å². The van der Waals surface area contributed by atoms with Crippen LogP contribution in [0.15, 0.2) is 41.5 Å². The molecule has 6 fully saturated rings. The highest BCUT2D eigenvalue weighted by Gasteiger charge is 2.57. The molecule has 386 valence electrons. The van der Waals surface area contributed by atoms with Crippen LogP contribution in [0.5, 0.6) is 11.5 Å². The molecule has 1 aromatic heterocycles. The Morgan fingerprint density at radius 1 is 0.944 bits per heavy atom. The number of aromatic hydroxyl groups is 1. The standard InChI is InChI=1S/C57H80N6O6S2/c1-38(64)68-55-23-11-40(45(65)33-55)9-6-17-52(15-2-3-16-52)37-70-71-57(22-8-20-54(57)18-4-5-19-54)62-51(59)61-28-26-53(32-39-14-27-60-46(58)29-39)34-47(66)63(36-53)35-43-30-41(12-24-55)48-42-13-25-56(69-50(48)49(43)67)21-7-10-44(56)31-42/h13-14,25,27,29-30,40,42,44-45,65,67H,2-12,15-24,26,28,31-37H2,1H3,(H2,58,60)(H3,59,61,62)/t40-,42-,44-,45+,53+,55+,56+,57+/m0/s1. The largest absolute Gasteiger partial charge is 0.504 e. The van der Waals surface area contributed by atoms with Crippen molar-refractivity contribution >= 4 is 45.2 Å². The summed E-state index contributed by atoms with van der Waals surface area (Å²) >= 11 is 0. The molecular weight excluding hydrogens is 929 g/mol. The smallest absolute Gasteiger partial charge is 0.303 e. The number of carbonyl (C=O) groups is 2. The first-order chi connectivity index (χ1) is 34.2. The van der Waals surface area contributed by atoms with Crippen LogP contribution in [0.3, 0.4) is 0 Å². The summed E-state index contributed by atoms with van der Waals surface area (Å²) in [6.45, 7) is 2.68. The van der Waals surface area contributed by atoms with E-state index in [2.05, 4.69) is 50.1 Å². The number of amides is 1. The topological polar surface area (TPSA) is 186 Å². The van der Waals surface area contributed by atoms with Crippen molar-refractivity contribution in [1.82, 2.24) is 15.2 Å². The first kappa shape index (κ1) is 49.6. The van der Waals surface area contributed by atoms with Crippen LogP contribution in [-0.2, 0) is 33.7 Å². The van der Waals surface area contributed by atoms with E-state index in [1.54, 1.807) is 6.20 Å². The maximum Gasteiger partial charge on any atom is 0.303 e. The molecule has 1 aromatic carbocycles. The summed E-state index contributed by atoms with van der Waals surface area (Å²) in [4.78, 5) is 38.7. The Morgan fingerprint density at radius 2 is 1.73 bits per heavy atom. The maximum absolute atomic E-state index is 14.6. The number of phenols is 1. The first-order valence-corrected chi connectivity index (χ1v) is 30.1. The van der Waals surface area contributed by atoms with Gasteiger partial charge in [-0.1, -0.05) is 59.8 Å². The fourth-order valence-electron chi connectivity index (χ4n) is 16.3. The fraction of sp³-hybridized carbons (Fsp3) is 0.719. The quantitative estimate of drug-likeness (QED) is 0.112. The van der Waals surface area contributed by atoms with Gasteiger partial charge in [0.25, 0.3) is 0 Å². The number of aromatic nitrogens is 1. The number of esters is 1. The van der Waals surface area contributed by atoms with Crippen LogP contribution in [0.4, 0.5) is 5.82 Å². The number of nitrogens with zero attached hydrogens (tertiary/aromatic N) is 3. The number of anilines is 1. The number of guanidine groups is 1. The number of aliphatic hydroxyl groups excluding tert-OH is 1. The first-order valence-electron chi connectivity index (χ1n) is 27.7. The van der Waals surface area contributed by atoms with E-state index >= 15 is 0 Å². The number of fused-ring (bicyclic) bond motifs is 10. The van der Waals surface area contributed by atoms with Crippen LogP contribution in [-0.4, -0.2) is 79.0 Å². The molecule has 71 heavy (non-hydrogen) atoms. The lowest BCUT2D eigenvalue weighted by molar-refractivity contribution is -0.169. The SMILES string of the molecule is CC(=O)O[C@@]12CCc3cc(c(O)c4c3[C@H]3C=C[C@@]5(CCC[C@H]5C3)O4)CN3C[C@@](Cc4ccnc(N)c4)(CCN=C(N)N[C@]4(CCCC45CCCC5)SSCC4(CCCC4)CCC[C@@H](CC1)[C@H](O)C2)CC3=O. The van der Waals surface area contributed by atoms with Gasteiger partial charge in [0.15, 0.2) is 17.5 Å². The van der Waals surface area contributed by atoms with Crippen LogP contribution >= 0.6 is 21.6 Å². The number of ether oxygens (including phenoxy) is 2. The molecule has 14 heteroatoms. The van der Waals surface area contributed by atoms with Gasteiger partial charge in [-0.15, -0.1) is 0 Å². The molecule has 6 aliphatic carbocycles. The van der Waals surface area contributed by atoms with E-state index in [4.69, 9.17) is 25.9 Å². The highest BCUT2D eigenvalue weighted by Crippen LogP contribution is 2.64. The number of aliphatic hydroxyl groups is 1. The maximum atomic E-state index is 14.6. The minimum absolute atomic E-state index is 0.0357. The van der Waals surface area contributed by atoms with Crippen molar-refractivity contribution in [2.45, 2.75) is 209 Å². The van der Waals surface area contributed by atoms with Gasteiger partial charge >= 0.3 is 5.97 Å². The average molecular weight is 1010 g/mol. The zero-order valence-electron chi connectivity index (χ0n) is 42.3. The van der Waals surface area contributed by atoms with E-state index in [9.17, 15) is 19.8 Å². The Morgan fingerprint density at radius 3 is 2.54 bits per heavy atom. The van der Waals surface area contributed by atoms with E-state index in [1.165, 1.54) is 77.6 Å². The molecule has 0 unspecified atom stereocenters. The number of nitrogens with one attached hydrogen (secondary N) is 1. The molecule has 8 atom stereocenters. The number of hydrogen-bond donors (Lipinski definition) is 5. The molecule has 7 N–H and O–H groups in total. The highest BCUT2D eigenvalue weighted by atomic mass is 33.1. The summed E-state index contributed by atoms with van der Waals surface area (Å²) in [5.41, 5.74) is 15.8. The molecule has 8 bridgehead atoms. The van der Waals surface area contributed by atoms with Gasteiger partial charge in [0.2, 0.25) is 5.91 Å². The third-order valence-electron chi connectivity index (χ3n) is 19.9. The van der Waals surface area contributed by atoms with Crippen LogP contribution < -0.4 is 21.5 Å². The van der Waals surface area contributed by atoms with Crippen LogP contribution in [0.2, 0.25) is 0 Å². The number of aliphatic imine (C=N–C) groups is 1. The number of aryl methyl sites for hydroxylation is 1. The number of nitrogen functional groups attached to an aromatic ring is 1. The zero-order chi connectivity index (χ0) is 49.1. The predicted molar refractivity (Wildman–Crippen MR) is 283 cm³/mol. The van der Waals surface area contributed by atoms with Crippen molar-refractivity contribution < 1.29 is 29.3 Å². The number of carbonyl (C=O) groups excluding carboxylic acids is 2. The summed E-state index contributed by atoms with van der Waals surface area (Å²) in [6.07, 6.45) is 31.2. The molecule has 1 amide bonds. The molecule has 6 heterocycles. The number of pyridine rings is 1. The van der Waals surface area contributed by atoms with E-state index in [-0.39, 0.29) is 46.3 Å². The lowest BCUT2D eigenvalue weighted by atomic mass is 9.71. The third kappa shape index (κ3) is 9.59. The Bertz CT molecular complexity index is 2400. The normalized spacial score (nSPS) is 35.8. The molecule has 0 radical (unpaired) electrons. The molecule has 12 nitrogen and oxygen atoms in total. The average Bonchev–Trinajstić information content (AvgIpc) is 4.17. The minimum Gasteiger partial charge on any atom is -0.504 e. The second-order valence-corrected chi connectivity index (χ2v) is 27.0.